The van der Waals surface area contributed by atoms with Crippen molar-refractivity contribution < 1.29 is 4.79 Å². The van der Waals surface area contributed by atoms with Gasteiger partial charge in [-0.05, 0) is 25.8 Å². The number of hydrogen-bond acceptors (Lipinski definition) is 2. The van der Waals surface area contributed by atoms with Crippen LogP contribution in [-0.4, -0.2) is 17.8 Å². The van der Waals surface area contributed by atoms with Gasteiger partial charge in [0.1, 0.15) is 0 Å². The smallest absolute Gasteiger partial charge is 0.334 e. The molecule has 1 saturated carbocycles. The van der Waals surface area contributed by atoms with E-state index in [1.54, 1.807) is 6.07 Å². The van der Waals surface area contributed by atoms with Crippen LogP contribution in [0.25, 0.3) is 0 Å². The molecule has 0 spiro atoms. The Morgan fingerprint density at radius 2 is 1.95 bits per heavy atom. The molecule has 1 aromatic carbocycles. The Morgan fingerprint density at radius 1 is 1.25 bits per heavy atom. The van der Waals surface area contributed by atoms with Gasteiger partial charge in [0.15, 0.2) is 0 Å². The molecule has 20 heavy (non-hydrogen) atoms. The van der Waals surface area contributed by atoms with Crippen LogP contribution in [0, 0.1) is 0 Å². The Balaban J connectivity index is 1.88. The summed E-state index contributed by atoms with van der Waals surface area (Å²) in [7, 11) is 0. The molecule has 2 N–H and O–H groups in total. The number of amides is 2. The first-order valence-electron chi connectivity index (χ1n) is 7.02. The van der Waals surface area contributed by atoms with E-state index in [0.717, 1.165) is 18.4 Å². The minimum atomic E-state index is -0.247. The van der Waals surface area contributed by atoms with Crippen molar-refractivity contribution in [3.63, 3.8) is 0 Å². The monoisotopic (exact) mass is 293 g/mol. The predicted octanol–water partition coefficient (Wildman–Crippen LogP) is 3.70. The number of hydrazone groups is 1. The first kappa shape index (κ1) is 14.9. The summed E-state index contributed by atoms with van der Waals surface area (Å²) in [5, 5.41) is 7.67. The lowest BCUT2D eigenvalue weighted by atomic mass is 9.96. The Hall–Kier alpha value is -1.55. The summed E-state index contributed by atoms with van der Waals surface area (Å²) in [5.74, 6) is 0. The van der Waals surface area contributed by atoms with E-state index in [2.05, 4.69) is 15.8 Å². The Kier molecular flexibility index (Phi) is 5.41. The molecule has 0 bridgehead atoms. The molecule has 4 nitrogen and oxygen atoms in total. The number of halogens is 1. The predicted molar refractivity (Wildman–Crippen MR) is 82.2 cm³/mol. The number of carbonyl (C=O) groups excluding carboxylic acids is 1. The van der Waals surface area contributed by atoms with Crippen molar-refractivity contribution in [1.29, 1.82) is 0 Å². The third-order valence-electron chi connectivity index (χ3n) is 3.53. The van der Waals surface area contributed by atoms with E-state index in [1.807, 2.05) is 25.1 Å². The minimum Gasteiger partial charge on any atom is -0.334 e. The highest BCUT2D eigenvalue weighted by atomic mass is 35.5. The third kappa shape index (κ3) is 4.23. The van der Waals surface area contributed by atoms with Gasteiger partial charge in [-0.15, -0.1) is 0 Å². The molecule has 1 aliphatic rings. The summed E-state index contributed by atoms with van der Waals surface area (Å²) >= 11 is 6.08. The zero-order chi connectivity index (χ0) is 14.4. The second-order valence-corrected chi connectivity index (χ2v) is 5.50. The molecule has 0 radical (unpaired) electrons. The summed E-state index contributed by atoms with van der Waals surface area (Å²) in [5.41, 5.74) is 4.05. The lowest BCUT2D eigenvalue weighted by molar-refractivity contribution is 0.233. The molecule has 0 saturated heterocycles. The molecule has 108 valence electrons. The van der Waals surface area contributed by atoms with Crippen molar-refractivity contribution in [1.82, 2.24) is 10.7 Å². The fraction of sp³-hybridized carbons (Fsp3) is 0.467. The molecule has 0 aliphatic heterocycles. The first-order valence-corrected chi connectivity index (χ1v) is 7.40. The van der Waals surface area contributed by atoms with Gasteiger partial charge in [0.05, 0.1) is 5.71 Å². The Labute approximate surface area is 124 Å². The van der Waals surface area contributed by atoms with Crippen LogP contribution in [0.15, 0.2) is 29.4 Å². The van der Waals surface area contributed by atoms with Crippen molar-refractivity contribution in [3.05, 3.63) is 34.9 Å². The number of rotatable bonds is 3. The molecule has 2 rings (SSSR count). The maximum absolute atomic E-state index is 11.8. The highest BCUT2D eigenvalue weighted by Gasteiger charge is 2.15. The number of benzene rings is 1. The topological polar surface area (TPSA) is 53.5 Å². The van der Waals surface area contributed by atoms with Crippen LogP contribution >= 0.6 is 11.6 Å². The maximum atomic E-state index is 11.8. The summed E-state index contributed by atoms with van der Waals surface area (Å²) in [6.45, 7) is 1.82. The highest BCUT2D eigenvalue weighted by Crippen LogP contribution is 2.17. The van der Waals surface area contributed by atoms with Crippen LogP contribution in [0.1, 0.15) is 44.6 Å². The lowest BCUT2D eigenvalue weighted by Crippen LogP contribution is -2.41. The van der Waals surface area contributed by atoms with E-state index in [9.17, 15) is 4.79 Å². The van der Waals surface area contributed by atoms with Crippen LogP contribution in [-0.2, 0) is 0 Å². The van der Waals surface area contributed by atoms with Crippen LogP contribution in [0.5, 0.6) is 0 Å². The van der Waals surface area contributed by atoms with Crippen molar-refractivity contribution in [2.45, 2.75) is 45.1 Å². The van der Waals surface area contributed by atoms with E-state index in [4.69, 9.17) is 11.6 Å². The molecule has 2 amide bonds. The van der Waals surface area contributed by atoms with Gasteiger partial charge in [-0.25, -0.2) is 10.2 Å². The van der Waals surface area contributed by atoms with E-state index in [1.165, 1.54) is 19.3 Å². The largest absolute Gasteiger partial charge is 0.335 e. The van der Waals surface area contributed by atoms with Crippen molar-refractivity contribution in [3.8, 4) is 0 Å². The fourth-order valence-electron chi connectivity index (χ4n) is 2.41. The van der Waals surface area contributed by atoms with E-state index >= 15 is 0 Å². The van der Waals surface area contributed by atoms with E-state index in [-0.39, 0.29) is 12.1 Å². The summed E-state index contributed by atoms with van der Waals surface area (Å²) in [4.78, 5) is 11.8. The molecule has 1 fully saturated rings. The Morgan fingerprint density at radius 3 is 2.65 bits per heavy atom. The van der Waals surface area contributed by atoms with Gasteiger partial charge in [-0.2, -0.15) is 5.10 Å². The van der Waals surface area contributed by atoms with Crippen LogP contribution in [0.4, 0.5) is 4.79 Å². The molecule has 1 aromatic rings. The first-order chi connectivity index (χ1) is 9.66. The number of carbonyl (C=O) groups is 1. The second kappa shape index (κ2) is 7.29. The van der Waals surface area contributed by atoms with Gasteiger partial charge in [-0.1, -0.05) is 49.1 Å². The molecule has 0 unspecified atom stereocenters. The molecule has 0 aromatic heterocycles. The molecule has 0 atom stereocenters. The van der Waals surface area contributed by atoms with Crippen LogP contribution < -0.4 is 10.7 Å². The number of nitrogens with one attached hydrogen (secondary N) is 2. The SMILES string of the molecule is C/C(=N\NC(=O)NC1CCCCC1)c1ccccc1Cl. The number of urea groups is 1. The Bertz CT molecular complexity index is 496. The van der Waals surface area contributed by atoms with E-state index < -0.39 is 0 Å². The summed E-state index contributed by atoms with van der Waals surface area (Å²) < 4.78 is 0. The zero-order valence-corrected chi connectivity index (χ0v) is 12.4. The van der Waals surface area contributed by atoms with Gasteiger partial charge < -0.3 is 5.32 Å². The number of nitrogens with zero attached hydrogens (tertiary/aromatic N) is 1. The summed E-state index contributed by atoms with van der Waals surface area (Å²) in [6.07, 6.45) is 5.75. The highest BCUT2D eigenvalue weighted by molar-refractivity contribution is 6.34. The van der Waals surface area contributed by atoms with Crippen molar-refractivity contribution in [2.75, 3.05) is 0 Å². The van der Waals surface area contributed by atoms with Crippen LogP contribution in [0.3, 0.4) is 0 Å². The average Bonchev–Trinajstić information content (AvgIpc) is 2.46. The molecule has 5 heteroatoms. The number of hydrogen-bond donors (Lipinski definition) is 2. The van der Waals surface area contributed by atoms with E-state index in [0.29, 0.717) is 10.7 Å². The standard InChI is InChI=1S/C15H20ClN3O/c1-11(13-9-5-6-10-14(13)16)18-19-15(20)17-12-7-3-2-4-8-12/h5-6,9-10,12H,2-4,7-8H2,1H3,(H2,17,19,20)/b18-11+. The quantitative estimate of drug-likeness (QED) is 0.648. The van der Waals surface area contributed by atoms with Gasteiger partial charge >= 0.3 is 6.03 Å². The molecular weight excluding hydrogens is 274 g/mol. The lowest BCUT2D eigenvalue weighted by Gasteiger charge is -2.22. The average molecular weight is 294 g/mol. The van der Waals surface area contributed by atoms with Gasteiger partial charge in [0, 0.05) is 16.6 Å². The maximum Gasteiger partial charge on any atom is 0.335 e. The second-order valence-electron chi connectivity index (χ2n) is 5.10. The van der Waals surface area contributed by atoms with Gasteiger partial charge in [0.25, 0.3) is 0 Å². The summed E-state index contributed by atoms with van der Waals surface area (Å²) in [6, 6.07) is 7.47. The van der Waals surface area contributed by atoms with Gasteiger partial charge in [-0.3, -0.25) is 0 Å². The van der Waals surface area contributed by atoms with Gasteiger partial charge in [0.2, 0.25) is 0 Å². The zero-order valence-electron chi connectivity index (χ0n) is 11.7. The van der Waals surface area contributed by atoms with Crippen LogP contribution in [0.2, 0.25) is 5.02 Å². The minimum absolute atomic E-state index is 0.247. The normalized spacial score (nSPS) is 16.8. The molecule has 1 aliphatic carbocycles. The van der Waals surface area contributed by atoms with Crippen molar-refractivity contribution >= 4 is 23.3 Å². The molecular formula is C15H20ClN3O. The third-order valence-corrected chi connectivity index (χ3v) is 3.86. The fourth-order valence-corrected chi connectivity index (χ4v) is 2.69. The molecule has 0 heterocycles. The van der Waals surface area contributed by atoms with Crippen molar-refractivity contribution in [2.24, 2.45) is 5.10 Å².